The van der Waals surface area contributed by atoms with Gasteiger partial charge in [0.05, 0.1) is 12.2 Å². The number of ether oxygens (including phenoxy) is 1. The highest BCUT2D eigenvalue weighted by atomic mass is 32.2. The van der Waals surface area contributed by atoms with Crippen LogP contribution in [-0.2, 0) is 21.8 Å². The van der Waals surface area contributed by atoms with Gasteiger partial charge >= 0.3 is 5.97 Å². The van der Waals surface area contributed by atoms with E-state index in [2.05, 4.69) is 15.5 Å². The van der Waals surface area contributed by atoms with Crippen molar-refractivity contribution >= 4 is 40.1 Å². The quantitative estimate of drug-likeness (QED) is 0.252. The van der Waals surface area contributed by atoms with Crippen LogP contribution in [0.3, 0.4) is 0 Å². The number of hydrogen-bond donors (Lipinski definition) is 1. The van der Waals surface area contributed by atoms with Gasteiger partial charge in [-0.15, -0.1) is 10.2 Å². The fourth-order valence-electron chi connectivity index (χ4n) is 2.83. The molecule has 0 saturated carbocycles. The zero-order valence-corrected chi connectivity index (χ0v) is 19.6. The fourth-order valence-corrected chi connectivity index (χ4v) is 4.48. The van der Waals surface area contributed by atoms with E-state index in [1.165, 1.54) is 53.4 Å². The molecule has 8 nitrogen and oxygen atoms in total. The topological polar surface area (TPSA) is 111 Å². The maximum Gasteiger partial charge on any atom is 0.315 e. The largest absolute Gasteiger partial charge is 0.464 e. The number of esters is 1. The van der Waals surface area contributed by atoms with E-state index in [1.807, 2.05) is 13.8 Å². The molecule has 174 valence electrons. The number of anilines is 1. The molecule has 3 rings (SSSR count). The molecule has 0 unspecified atom stereocenters. The van der Waals surface area contributed by atoms with E-state index < -0.39 is 17.2 Å². The van der Waals surface area contributed by atoms with Gasteiger partial charge in [0.25, 0.3) is 0 Å². The van der Waals surface area contributed by atoms with Gasteiger partial charge in [0.1, 0.15) is 17.8 Å². The fraction of sp³-hybridized carbons (Fsp3) is 0.318. The summed E-state index contributed by atoms with van der Waals surface area (Å²) in [6, 6.07) is 6.66. The van der Waals surface area contributed by atoms with Crippen LogP contribution in [-0.4, -0.2) is 22.1 Å². The minimum Gasteiger partial charge on any atom is -0.464 e. The number of aromatic nitrogens is 2. The van der Waals surface area contributed by atoms with E-state index in [0.29, 0.717) is 26.5 Å². The number of rotatable bonds is 10. The van der Waals surface area contributed by atoms with Crippen molar-refractivity contribution in [2.24, 2.45) is 5.92 Å². The molecular formula is C22H22FN3O5S2. The Morgan fingerprint density at radius 2 is 1.94 bits per heavy atom. The molecule has 0 saturated heterocycles. The molecule has 2 aromatic heterocycles. The van der Waals surface area contributed by atoms with Gasteiger partial charge in [0.2, 0.25) is 22.2 Å². The number of nitrogens with zero attached hydrogens (tertiary/aromatic N) is 2. The first kappa shape index (κ1) is 24.6. The summed E-state index contributed by atoms with van der Waals surface area (Å²) in [5.41, 5.74) is 0.0611. The second kappa shape index (κ2) is 11.7. The summed E-state index contributed by atoms with van der Waals surface area (Å²) in [6.07, 6.45) is 2.48. The number of halogens is 1. The van der Waals surface area contributed by atoms with E-state index in [4.69, 9.17) is 9.15 Å². The third-order valence-electron chi connectivity index (χ3n) is 4.67. The first-order chi connectivity index (χ1) is 15.9. The highest BCUT2D eigenvalue weighted by Gasteiger charge is 2.17. The second-order valence-corrected chi connectivity index (χ2v) is 9.22. The standard InChI is InChI=1S/C22H22FN3O5S2/c1-3-14(4-2)20(29)24-21-25-26-22(33-21)32-12-16-10-17(27)18(11-30-16)31-19(28)9-13-5-7-15(23)8-6-13/h5-8,10-11,14H,3-4,9,12H2,1-2H3,(H,24,25,29). The van der Waals surface area contributed by atoms with Gasteiger partial charge in [0.15, 0.2) is 4.34 Å². The lowest BCUT2D eigenvalue weighted by Gasteiger charge is -2.09. The van der Waals surface area contributed by atoms with Crippen LogP contribution in [0.25, 0.3) is 0 Å². The van der Waals surface area contributed by atoms with Crippen molar-refractivity contribution < 1.29 is 23.1 Å². The van der Waals surface area contributed by atoms with Gasteiger partial charge in [0, 0.05) is 12.0 Å². The minimum absolute atomic E-state index is 0.0671. The molecule has 33 heavy (non-hydrogen) atoms. The zero-order valence-electron chi connectivity index (χ0n) is 18.0. The Morgan fingerprint density at radius 1 is 1.21 bits per heavy atom. The van der Waals surface area contributed by atoms with Crippen LogP contribution >= 0.6 is 23.1 Å². The number of carbonyl (C=O) groups excluding carboxylic acids is 2. The van der Waals surface area contributed by atoms with E-state index in [-0.39, 0.29) is 24.0 Å². The smallest absolute Gasteiger partial charge is 0.315 e. The van der Waals surface area contributed by atoms with Gasteiger partial charge in [-0.05, 0) is 30.5 Å². The third-order valence-corrected chi connectivity index (χ3v) is 6.66. The molecule has 0 atom stereocenters. The molecular weight excluding hydrogens is 469 g/mol. The Kier molecular flexibility index (Phi) is 8.72. The molecule has 0 aliphatic carbocycles. The van der Waals surface area contributed by atoms with E-state index in [1.54, 1.807) is 0 Å². The third kappa shape index (κ3) is 7.22. The molecule has 0 aliphatic rings. The maximum absolute atomic E-state index is 12.9. The van der Waals surface area contributed by atoms with E-state index in [0.717, 1.165) is 19.1 Å². The SMILES string of the molecule is CCC(CC)C(=O)Nc1nnc(SCc2cc(=O)c(OC(=O)Cc3ccc(F)cc3)co2)s1. The van der Waals surface area contributed by atoms with Crippen LogP contribution in [0.15, 0.2) is 50.1 Å². The van der Waals surface area contributed by atoms with Crippen molar-refractivity contribution in [2.75, 3.05) is 5.32 Å². The summed E-state index contributed by atoms with van der Waals surface area (Å²) in [6.45, 7) is 3.92. The first-order valence-corrected chi connectivity index (χ1v) is 12.0. The molecule has 2 heterocycles. The van der Waals surface area contributed by atoms with Crippen molar-refractivity contribution in [2.45, 2.75) is 43.2 Å². The first-order valence-electron chi connectivity index (χ1n) is 10.2. The molecule has 0 fully saturated rings. The summed E-state index contributed by atoms with van der Waals surface area (Å²) in [5, 5.41) is 11.2. The molecule has 1 aromatic carbocycles. The Morgan fingerprint density at radius 3 is 2.61 bits per heavy atom. The molecule has 0 bridgehead atoms. The van der Waals surface area contributed by atoms with Gasteiger partial charge < -0.3 is 14.5 Å². The summed E-state index contributed by atoms with van der Waals surface area (Å²) in [7, 11) is 0. The number of benzene rings is 1. The lowest BCUT2D eigenvalue weighted by Crippen LogP contribution is -2.21. The lowest BCUT2D eigenvalue weighted by molar-refractivity contribution is -0.133. The van der Waals surface area contributed by atoms with E-state index >= 15 is 0 Å². The monoisotopic (exact) mass is 491 g/mol. The molecule has 0 spiro atoms. The van der Waals surface area contributed by atoms with Crippen molar-refractivity contribution in [3.05, 3.63) is 64.0 Å². The van der Waals surface area contributed by atoms with Crippen molar-refractivity contribution in [1.29, 1.82) is 0 Å². The Bertz CT molecular complexity index is 1160. The van der Waals surface area contributed by atoms with E-state index in [9.17, 15) is 18.8 Å². The van der Waals surface area contributed by atoms with Crippen molar-refractivity contribution in [3.8, 4) is 5.75 Å². The van der Waals surface area contributed by atoms with Crippen LogP contribution in [0.5, 0.6) is 5.75 Å². The number of thioether (sulfide) groups is 1. The summed E-state index contributed by atoms with van der Waals surface area (Å²) < 4.78 is 24.0. The number of hydrogen-bond acceptors (Lipinski definition) is 9. The van der Waals surface area contributed by atoms with Crippen LogP contribution in [0.1, 0.15) is 38.0 Å². The van der Waals surface area contributed by atoms with Gasteiger partial charge in [-0.3, -0.25) is 14.4 Å². The molecule has 1 amide bonds. The molecule has 11 heteroatoms. The number of carbonyl (C=O) groups is 2. The van der Waals surface area contributed by atoms with Crippen LogP contribution in [0.2, 0.25) is 0 Å². The second-order valence-electron chi connectivity index (χ2n) is 7.02. The molecule has 0 aliphatic heterocycles. The summed E-state index contributed by atoms with van der Waals surface area (Å²) >= 11 is 2.53. The average Bonchev–Trinajstić information content (AvgIpc) is 3.23. The highest BCUT2D eigenvalue weighted by Crippen LogP contribution is 2.28. The maximum atomic E-state index is 12.9. The summed E-state index contributed by atoms with van der Waals surface area (Å²) in [4.78, 5) is 36.4. The van der Waals surface area contributed by atoms with Crippen molar-refractivity contribution in [1.82, 2.24) is 10.2 Å². The van der Waals surface area contributed by atoms with Gasteiger partial charge in [-0.1, -0.05) is 49.1 Å². The van der Waals surface area contributed by atoms with Gasteiger partial charge in [-0.2, -0.15) is 0 Å². The number of amides is 1. The lowest BCUT2D eigenvalue weighted by atomic mass is 10.0. The van der Waals surface area contributed by atoms with Crippen LogP contribution < -0.4 is 15.5 Å². The Labute approximate surface area is 197 Å². The van der Waals surface area contributed by atoms with Crippen LogP contribution in [0.4, 0.5) is 9.52 Å². The molecule has 3 aromatic rings. The van der Waals surface area contributed by atoms with Gasteiger partial charge in [-0.25, -0.2) is 4.39 Å². The zero-order chi connectivity index (χ0) is 23.8. The Hall–Kier alpha value is -3.05. The highest BCUT2D eigenvalue weighted by molar-refractivity contribution is 8.00. The predicted molar refractivity (Wildman–Crippen MR) is 123 cm³/mol. The predicted octanol–water partition coefficient (Wildman–Crippen LogP) is 4.45. The minimum atomic E-state index is -0.659. The molecule has 1 N–H and O–H groups in total. The van der Waals surface area contributed by atoms with Crippen molar-refractivity contribution in [3.63, 3.8) is 0 Å². The molecule has 0 radical (unpaired) electrons. The summed E-state index contributed by atoms with van der Waals surface area (Å²) in [5.74, 6) is -0.774. The van der Waals surface area contributed by atoms with Crippen LogP contribution in [0, 0.1) is 11.7 Å². The average molecular weight is 492 g/mol. The Balaban J connectivity index is 1.52. The number of nitrogens with one attached hydrogen (secondary N) is 1. The normalized spacial score (nSPS) is 10.9.